The van der Waals surface area contributed by atoms with Gasteiger partial charge < -0.3 is 4.90 Å². The van der Waals surface area contributed by atoms with Crippen LogP contribution in [0.3, 0.4) is 0 Å². The predicted molar refractivity (Wildman–Crippen MR) is 192 cm³/mol. The van der Waals surface area contributed by atoms with E-state index >= 15 is 0 Å². The van der Waals surface area contributed by atoms with Crippen molar-refractivity contribution in [2.75, 3.05) is 4.90 Å². The minimum Gasteiger partial charge on any atom is -0.310 e. The van der Waals surface area contributed by atoms with E-state index in [0.717, 1.165) is 26.7 Å². The number of benzene rings is 5. The zero-order valence-electron chi connectivity index (χ0n) is 26.1. The van der Waals surface area contributed by atoms with Crippen molar-refractivity contribution in [2.45, 2.75) is 38.9 Å². The Hall–Kier alpha value is -4.58. The van der Waals surface area contributed by atoms with Crippen molar-refractivity contribution in [3.05, 3.63) is 136 Å². The van der Waals surface area contributed by atoms with Crippen LogP contribution in [0.2, 0.25) is 19.6 Å². The van der Waals surface area contributed by atoms with Crippen LogP contribution in [0.25, 0.3) is 26.9 Å². The SMILES string of the molecule is CC1(C)c2ccccc2N(c2ccc([Si](C)(C)C)cc2)c2ccc3cc(C=C4C(=O)c5cc6ccccc6cc5C4=O)sc3c21. The quantitative estimate of drug-likeness (QED) is 0.112. The summed E-state index contributed by atoms with van der Waals surface area (Å²) >= 11 is 1.66. The highest BCUT2D eigenvalue weighted by atomic mass is 32.1. The fraction of sp³-hybridized carbons (Fsp3) is 0.150. The van der Waals surface area contributed by atoms with Gasteiger partial charge in [-0.25, -0.2) is 0 Å². The number of hydrogen-bond donors (Lipinski definition) is 0. The highest BCUT2D eigenvalue weighted by molar-refractivity contribution is 7.20. The summed E-state index contributed by atoms with van der Waals surface area (Å²) in [7, 11) is -1.44. The van der Waals surface area contributed by atoms with Crippen molar-refractivity contribution in [3.8, 4) is 0 Å². The van der Waals surface area contributed by atoms with Crippen LogP contribution in [0.1, 0.15) is 50.6 Å². The van der Waals surface area contributed by atoms with Crippen molar-refractivity contribution in [2.24, 2.45) is 0 Å². The Morgan fingerprint density at radius 2 is 1.31 bits per heavy atom. The van der Waals surface area contributed by atoms with E-state index in [4.69, 9.17) is 0 Å². The van der Waals surface area contributed by atoms with Crippen molar-refractivity contribution in [1.29, 1.82) is 0 Å². The van der Waals surface area contributed by atoms with Crippen LogP contribution in [0.15, 0.2) is 109 Å². The minimum atomic E-state index is -1.44. The average Bonchev–Trinajstić information content (AvgIpc) is 3.53. The van der Waals surface area contributed by atoms with Crippen LogP contribution in [-0.2, 0) is 5.41 Å². The summed E-state index contributed by atoms with van der Waals surface area (Å²) in [6.07, 6.45) is 1.81. The standard InChI is InChI=1S/C40H33NO2SSi/c1-40(2)33-12-8-9-13-34(33)41(27-15-17-29(18-16-27)45(3,4)5)35-19-14-26-20-28(44-39(26)36(35)40)23-32-37(42)30-21-24-10-6-7-11-25(24)22-31(30)38(32)43/h6-23H,1-5H3. The third kappa shape index (κ3) is 4.22. The molecule has 1 aromatic heterocycles. The Bertz CT molecular complexity index is 2210. The maximum atomic E-state index is 13.5. The molecule has 0 radical (unpaired) electrons. The van der Waals surface area contributed by atoms with E-state index in [1.807, 2.05) is 42.5 Å². The van der Waals surface area contributed by atoms with Gasteiger partial charge in [0.15, 0.2) is 11.6 Å². The van der Waals surface area contributed by atoms with E-state index in [0.29, 0.717) is 11.1 Å². The van der Waals surface area contributed by atoms with E-state index in [1.165, 1.54) is 32.4 Å². The summed E-state index contributed by atoms with van der Waals surface area (Å²) < 4.78 is 1.18. The maximum Gasteiger partial charge on any atom is 0.197 e. The molecule has 0 amide bonds. The van der Waals surface area contributed by atoms with Gasteiger partial charge in [0.05, 0.1) is 25.0 Å². The lowest BCUT2D eigenvalue weighted by Crippen LogP contribution is -2.37. The molecule has 2 heterocycles. The number of Topliss-reactive ketones (excluding diaryl/α,β-unsaturated/α-hetero) is 2. The lowest BCUT2D eigenvalue weighted by Gasteiger charge is -2.42. The molecular weight excluding hydrogens is 587 g/mol. The minimum absolute atomic E-state index is 0.192. The molecule has 2 aliphatic rings. The first-order valence-corrected chi connectivity index (χ1v) is 19.7. The number of thiophene rings is 1. The summed E-state index contributed by atoms with van der Waals surface area (Å²) in [6.45, 7) is 11.7. The Balaban J connectivity index is 1.27. The fourth-order valence-electron chi connectivity index (χ4n) is 7.11. The number of nitrogens with zero attached hydrogens (tertiary/aromatic N) is 1. The van der Waals surface area contributed by atoms with Crippen molar-refractivity contribution < 1.29 is 9.59 Å². The van der Waals surface area contributed by atoms with Crippen molar-refractivity contribution >= 4 is 80.2 Å². The van der Waals surface area contributed by atoms with Crippen LogP contribution < -0.4 is 10.1 Å². The third-order valence-corrected chi connectivity index (χ3v) is 12.7. The van der Waals surface area contributed by atoms with Gasteiger partial charge in [-0.15, -0.1) is 11.3 Å². The van der Waals surface area contributed by atoms with E-state index in [-0.39, 0.29) is 22.6 Å². The number of hydrogen-bond acceptors (Lipinski definition) is 4. The first-order valence-electron chi connectivity index (χ1n) is 15.4. The molecule has 0 saturated carbocycles. The first kappa shape index (κ1) is 27.9. The third-order valence-electron chi connectivity index (χ3n) is 9.51. The number of rotatable bonds is 3. The summed E-state index contributed by atoms with van der Waals surface area (Å²) in [4.78, 5) is 30.4. The second-order valence-corrected chi connectivity index (χ2v) is 19.9. The van der Waals surface area contributed by atoms with Crippen molar-refractivity contribution in [3.63, 3.8) is 0 Å². The zero-order valence-corrected chi connectivity index (χ0v) is 27.9. The molecule has 0 bridgehead atoms. The van der Waals surface area contributed by atoms with Crippen LogP contribution >= 0.6 is 11.3 Å². The monoisotopic (exact) mass is 619 g/mol. The van der Waals surface area contributed by atoms with E-state index in [9.17, 15) is 9.59 Å². The molecule has 3 nitrogen and oxygen atoms in total. The number of allylic oxidation sites excluding steroid dienone is 1. The maximum absolute atomic E-state index is 13.5. The molecule has 0 atom stereocenters. The molecular formula is C40H33NO2SSi. The second kappa shape index (κ2) is 9.71. The summed E-state index contributed by atoms with van der Waals surface area (Å²) in [5.74, 6) is -0.384. The van der Waals surface area contributed by atoms with Gasteiger partial charge >= 0.3 is 0 Å². The summed E-state index contributed by atoms with van der Waals surface area (Å²) in [5.41, 5.74) is 7.03. The zero-order chi connectivity index (χ0) is 31.2. The van der Waals surface area contributed by atoms with Gasteiger partial charge in [0.25, 0.3) is 0 Å². The van der Waals surface area contributed by atoms with Gasteiger partial charge in [-0.1, -0.05) is 99.3 Å². The Morgan fingerprint density at radius 3 is 1.96 bits per heavy atom. The summed E-state index contributed by atoms with van der Waals surface area (Å²) in [6, 6.07) is 36.0. The normalized spacial score (nSPS) is 15.4. The molecule has 6 aromatic rings. The van der Waals surface area contributed by atoms with Crippen LogP contribution in [0, 0.1) is 0 Å². The highest BCUT2D eigenvalue weighted by Gasteiger charge is 2.39. The molecule has 45 heavy (non-hydrogen) atoms. The fourth-order valence-corrected chi connectivity index (χ4v) is 9.58. The van der Waals surface area contributed by atoms with Crippen LogP contribution in [0.5, 0.6) is 0 Å². The van der Waals surface area contributed by atoms with E-state index < -0.39 is 8.07 Å². The Kier molecular flexibility index (Phi) is 6.02. The van der Waals surface area contributed by atoms with Gasteiger partial charge in [-0.2, -0.15) is 0 Å². The molecule has 5 heteroatoms. The number of anilines is 3. The lowest BCUT2D eigenvalue weighted by atomic mass is 9.73. The predicted octanol–water partition coefficient (Wildman–Crippen LogP) is 10.2. The smallest absolute Gasteiger partial charge is 0.197 e. The van der Waals surface area contributed by atoms with Gasteiger partial charge in [0.2, 0.25) is 0 Å². The number of ketones is 2. The molecule has 0 unspecified atom stereocenters. The average molecular weight is 620 g/mol. The molecule has 0 N–H and O–H groups in total. The molecule has 5 aromatic carbocycles. The Morgan fingerprint density at radius 1 is 0.689 bits per heavy atom. The number of para-hydroxylation sites is 1. The number of carbonyl (C=O) groups is 2. The second-order valence-electron chi connectivity index (χ2n) is 13.8. The molecule has 220 valence electrons. The van der Waals surface area contributed by atoms with Crippen LogP contribution in [-0.4, -0.2) is 19.6 Å². The topological polar surface area (TPSA) is 37.4 Å². The van der Waals surface area contributed by atoms with Gasteiger partial charge in [0, 0.05) is 37.4 Å². The van der Waals surface area contributed by atoms with E-state index in [1.54, 1.807) is 11.3 Å². The van der Waals surface area contributed by atoms with Crippen molar-refractivity contribution in [1.82, 2.24) is 0 Å². The molecule has 0 spiro atoms. The lowest BCUT2D eigenvalue weighted by molar-refractivity contribution is 0.0990. The molecule has 8 rings (SSSR count). The largest absolute Gasteiger partial charge is 0.310 e. The molecule has 1 aliphatic carbocycles. The molecule has 0 fully saturated rings. The van der Waals surface area contributed by atoms with Gasteiger partial charge in [0.1, 0.15) is 0 Å². The summed E-state index contributed by atoms with van der Waals surface area (Å²) in [5, 5.41) is 4.49. The molecule has 0 saturated heterocycles. The first-order chi connectivity index (χ1) is 21.5. The van der Waals surface area contributed by atoms with E-state index in [2.05, 4.69) is 105 Å². The van der Waals surface area contributed by atoms with Gasteiger partial charge in [-0.05, 0) is 70.3 Å². The highest BCUT2D eigenvalue weighted by Crippen LogP contribution is 2.55. The number of fused-ring (bicyclic) bond motifs is 6. The van der Waals surface area contributed by atoms with Gasteiger partial charge in [-0.3, -0.25) is 9.59 Å². The number of carbonyl (C=O) groups excluding carboxylic acids is 2. The molecule has 1 aliphatic heterocycles. The Labute approximate surface area is 268 Å². The van der Waals surface area contributed by atoms with Crippen LogP contribution in [0.4, 0.5) is 17.1 Å².